The molecule has 0 amide bonds. The molecule has 5 heteroatoms. The molecule has 0 saturated heterocycles. The second-order valence-electron chi connectivity index (χ2n) is 4.64. The number of nitrogens with zero attached hydrogens (tertiary/aromatic N) is 1. The van der Waals surface area contributed by atoms with Gasteiger partial charge in [-0.3, -0.25) is 10.1 Å². The Morgan fingerprint density at radius 2 is 2.00 bits per heavy atom. The Bertz CT molecular complexity index is 455. The predicted octanol–water partition coefficient (Wildman–Crippen LogP) is 1.28. The Morgan fingerprint density at radius 1 is 1.38 bits per heavy atom. The van der Waals surface area contributed by atoms with Gasteiger partial charge in [-0.2, -0.15) is 0 Å². The highest BCUT2D eigenvalue weighted by atomic mass is 16.6. The molecule has 5 nitrogen and oxygen atoms in total. The van der Waals surface area contributed by atoms with E-state index in [1.165, 1.54) is 12.1 Å². The second-order valence-corrected chi connectivity index (χ2v) is 4.64. The van der Waals surface area contributed by atoms with Crippen LogP contribution in [-0.4, -0.2) is 21.2 Å². The lowest BCUT2D eigenvalue weighted by Crippen LogP contribution is -2.31. The van der Waals surface area contributed by atoms with Crippen LogP contribution in [0.4, 0.5) is 5.69 Å². The Kier molecular flexibility index (Phi) is 2.25. The molecule has 0 fully saturated rings. The van der Waals surface area contributed by atoms with Gasteiger partial charge < -0.3 is 10.2 Å². The van der Waals surface area contributed by atoms with Crippen molar-refractivity contribution in [1.82, 2.24) is 0 Å². The van der Waals surface area contributed by atoms with Crippen molar-refractivity contribution in [3.63, 3.8) is 0 Å². The maximum absolute atomic E-state index is 10.6. The average molecular weight is 223 g/mol. The van der Waals surface area contributed by atoms with Gasteiger partial charge in [-0.1, -0.05) is 19.9 Å². The summed E-state index contributed by atoms with van der Waals surface area (Å²) >= 11 is 0. The first-order valence-corrected chi connectivity index (χ1v) is 5.00. The largest absolute Gasteiger partial charge is 0.389 e. The van der Waals surface area contributed by atoms with E-state index in [2.05, 4.69) is 0 Å². The summed E-state index contributed by atoms with van der Waals surface area (Å²) in [4.78, 5) is 10.1. The third kappa shape index (κ3) is 1.32. The quantitative estimate of drug-likeness (QED) is 0.555. The van der Waals surface area contributed by atoms with Crippen LogP contribution in [0.3, 0.4) is 0 Å². The number of non-ortho nitro benzene ring substituents is 1. The molecule has 0 aromatic heterocycles. The van der Waals surface area contributed by atoms with Gasteiger partial charge in [0.2, 0.25) is 0 Å². The van der Waals surface area contributed by atoms with Crippen LogP contribution in [0.15, 0.2) is 18.2 Å². The summed E-state index contributed by atoms with van der Waals surface area (Å²) in [5.41, 5.74) is 0.566. The van der Waals surface area contributed by atoms with E-state index < -0.39 is 22.5 Å². The van der Waals surface area contributed by atoms with Crippen LogP contribution in [0.2, 0.25) is 0 Å². The number of aliphatic hydroxyl groups excluding tert-OH is 2. The monoisotopic (exact) mass is 223 g/mol. The van der Waals surface area contributed by atoms with Gasteiger partial charge in [0.05, 0.1) is 11.0 Å². The molecule has 0 spiro atoms. The minimum Gasteiger partial charge on any atom is -0.389 e. The molecular formula is C11H13NO4. The summed E-state index contributed by atoms with van der Waals surface area (Å²) in [5, 5.41) is 30.3. The first-order valence-electron chi connectivity index (χ1n) is 5.00. The average Bonchev–Trinajstić information content (AvgIpc) is 2.40. The number of benzene rings is 1. The molecule has 1 aromatic carbocycles. The standard InChI is InChI=1S/C11H13NO4/c1-11(2)8-4-3-6(12(15)16)5-7(8)9(13)10(11)14/h3-5,9-10,13-14H,1-2H3/t9-,10+/m1/s1. The van der Waals surface area contributed by atoms with Crippen LogP contribution in [0.5, 0.6) is 0 Å². The molecule has 0 aliphatic heterocycles. The van der Waals surface area contributed by atoms with Gasteiger partial charge in [-0.05, 0) is 11.1 Å². The van der Waals surface area contributed by atoms with Crippen LogP contribution < -0.4 is 0 Å². The summed E-state index contributed by atoms with van der Waals surface area (Å²) in [5.74, 6) is 0. The number of nitro benzene ring substituents is 1. The van der Waals surface area contributed by atoms with E-state index in [9.17, 15) is 20.3 Å². The van der Waals surface area contributed by atoms with Crippen molar-refractivity contribution in [2.45, 2.75) is 31.5 Å². The normalized spacial score (nSPS) is 26.5. The number of fused-ring (bicyclic) bond motifs is 1. The fourth-order valence-corrected chi connectivity index (χ4v) is 2.22. The zero-order valence-corrected chi connectivity index (χ0v) is 9.04. The fraction of sp³-hybridized carbons (Fsp3) is 0.455. The van der Waals surface area contributed by atoms with Gasteiger partial charge in [-0.15, -0.1) is 0 Å². The number of rotatable bonds is 1. The third-order valence-corrected chi connectivity index (χ3v) is 3.30. The lowest BCUT2D eigenvalue weighted by atomic mass is 9.84. The maximum atomic E-state index is 10.6. The zero-order chi connectivity index (χ0) is 12.1. The molecule has 0 heterocycles. The molecular weight excluding hydrogens is 210 g/mol. The summed E-state index contributed by atoms with van der Waals surface area (Å²) < 4.78 is 0. The van der Waals surface area contributed by atoms with E-state index in [4.69, 9.17) is 0 Å². The zero-order valence-electron chi connectivity index (χ0n) is 9.04. The van der Waals surface area contributed by atoms with Gasteiger partial charge in [0.15, 0.2) is 0 Å². The number of hydrogen-bond acceptors (Lipinski definition) is 4. The minimum absolute atomic E-state index is 0.0669. The van der Waals surface area contributed by atoms with Gasteiger partial charge in [0.1, 0.15) is 6.10 Å². The lowest BCUT2D eigenvalue weighted by Gasteiger charge is -2.24. The SMILES string of the molecule is CC1(C)c2ccc([N+](=O)[O-])cc2[C@@H](O)[C@@H]1O. The molecule has 2 rings (SSSR count). The maximum Gasteiger partial charge on any atom is 0.269 e. The highest BCUT2D eigenvalue weighted by Gasteiger charge is 2.45. The van der Waals surface area contributed by atoms with Crippen molar-refractivity contribution in [2.24, 2.45) is 0 Å². The van der Waals surface area contributed by atoms with Gasteiger partial charge in [0.25, 0.3) is 5.69 Å². The predicted molar refractivity (Wildman–Crippen MR) is 57.1 cm³/mol. The molecule has 2 N–H and O–H groups in total. The molecule has 1 aliphatic carbocycles. The van der Waals surface area contributed by atoms with E-state index in [0.29, 0.717) is 5.56 Å². The summed E-state index contributed by atoms with van der Waals surface area (Å²) in [6.07, 6.45) is -1.98. The van der Waals surface area contributed by atoms with Gasteiger partial charge >= 0.3 is 0 Å². The Labute approximate surface area is 92.5 Å². The molecule has 16 heavy (non-hydrogen) atoms. The van der Waals surface area contributed by atoms with Crippen LogP contribution in [0.1, 0.15) is 31.1 Å². The van der Waals surface area contributed by atoms with E-state index >= 15 is 0 Å². The molecule has 0 unspecified atom stereocenters. The van der Waals surface area contributed by atoms with E-state index in [1.54, 1.807) is 19.9 Å². The van der Waals surface area contributed by atoms with E-state index in [-0.39, 0.29) is 5.69 Å². The van der Waals surface area contributed by atoms with Crippen LogP contribution in [0.25, 0.3) is 0 Å². The van der Waals surface area contributed by atoms with Crippen molar-refractivity contribution in [3.05, 3.63) is 39.4 Å². The molecule has 86 valence electrons. The van der Waals surface area contributed by atoms with Crippen LogP contribution in [0, 0.1) is 10.1 Å². The van der Waals surface area contributed by atoms with E-state index in [0.717, 1.165) is 5.56 Å². The summed E-state index contributed by atoms with van der Waals surface area (Å²) in [7, 11) is 0. The molecule has 1 aliphatic rings. The van der Waals surface area contributed by atoms with Crippen LogP contribution >= 0.6 is 0 Å². The van der Waals surface area contributed by atoms with Crippen LogP contribution in [-0.2, 0) is 5.41 Å². The van der Waals surface area contributed by atoms with Crippen molar-refractivity contribution in [3.8, 4) is 0 Å². The lowest BCUT2D eigenvalue weighted by molar-refractivity contribution is -0.385. The first kappa shape index (κ1) is 11.0. The molecule has 2 atom stereocenters. The Hall–Kier alpha value is -1.46. The minimum atomic E-state index is -1.05. The first-order chi connectivity index (χ1) is 7.35. The van der Waals surface area contributed by atoms with Crippen molar-refractivity contribution in [1.29, 1.82) is 0 Å². The third-order valence-electron chi connectivity index (χ3n) is 3.30. The number of aliphatic hydroxyl groups is 2. The highest BCUT2D eigenvalue weighted by Crippen LogP contribution is 2.45. The topological polar surface area (TPSA) is 83.6 Å². The molecule has 0 bridgehead atoms. The summed E-state index contributed by atoms with van der Waals surface area (Å²) in [6.45, 7) is 3.61. The van der Waals surface area contributed by atoms with E-state index in [1.807, 2.05) is 0 Å². The highest BCUT2D eigenvalue weighted by molar-refractivity contribution is 5.49. The fourth-order valence-electron chi connectivity index (χ4n) is 2.22. The summed E-state index contributed by atoms with van der Waals surface area (Å²) in [6, 6.07) is 4.33. The second kappa shape index (κ2) is 3.26. The van der Waals surface area contributed by atoms with Crippen molar-refractivity contribution in [2.75, 3.05) is 0 Å². The molecule has 1 aromatic rings. The van der Waals surface area contributed by atoms with Gasteiger partial charge in [-0.25, -0.2) is 0 Å². The van der Waals surface area contributed by atoms with Crippen molar-refractivity contribution < 1.29 is 15.1 Å². The van der Waals surface area contributed by atoms with Gasteiger partial charge in [0, 0.05) is 17.5 Å². The molecule has 0 radical (unpaired) electrons. The smallest absolute Gasteiger partial charge is 0.269 e. The Balaban J connectivity index is 2.59. The Morgan fingerprint density at radius 3 is 2.56 bits per heavy atom. The number of nitro groups is 1. The molecule has 0 saturated carbocycles. The van der Waals surface area contributed by atoms with Crippen molar-refractivity contribution >= 4 is 5.69 Å². The number of hydrogen-bond donors (Lipinski definition) is 2.